The molecule has 0 saturated heterocycles. The van der Waals surface area contributed by atoms with E-state index in [9.17, 15) is 14.0 Å². The summed E-state index contributed by atoms with van der Waals surface area (Å²) >= 11 is 0. The van der Waals surface area contributed by atoms with Crippen LogP contribution in [0.25, 0.3) is 0 Å². The number of hydrogen-bond donors (Lipinski definition) is 1. The Morgan fingerprint density at radius 3 is 2.67 bits per heavy atom. The van der Waals surface area contributed by atoms with Crippen LogP contribution in [0.2, 0.25) is 0 Å². The van der Waals surface area contributed by atoms with Gasteiger partial charge in [-0.2, -0.15) is 0 Å². The molecule has 2 aromatic rings. The van der Waals surface area contributed by atoms with E-state index in [4.69, 9.17) is 0 Å². The molecule has 0 radical (unpaired) electrons. The standard InChI is InChI=1S/C16H13FN2O2/c17-12-6-2-1-5-11(12)15(20)9-19-10-16(21)18-13-7-3-4-8-14(13)19/h1-8H,9-10H2,(H,18,21). The molecule has 1 aliphatic rings. The quantitative estimate of drug-likeness (QED) is 0.881. The lowest BCUT2D eigenvalue weighted by Crippen LogP contribution is -2.41. The molecule has 5 heteroatoms. The van der Waals surface area contributed by atoms with Crippen LogP contribution in [0.1, 0.15) is 10.4 Å². The second-order valence-corrected chi connectivity index (χ2v) is 4.82. The van der Waals surface area contributed by atoms with Gasteiger partial charge in [0.1, 0.15) is 5.82 Å². The molecule has 0 aliphatic carbocycles. The molecule has 0 unspecified atom stereocenters. The van der Waals surface area contributed by atoms with E-state index in [0.29, 0.717) is 5.69 Å². The number of rotatable bonds is 3. The van der Waals surface area contributed by atoms with Crippen LogP contribution in [0.3, 0.4) is 0 Å². The van der Waals surface area contributed by atoms with E-state index in [-0.39, 0.29) is 30.3 Å². The minimum atomic E-state index is -0.544. The number of Topliss-reactive ketones (excluding diaryl/α,β-unsaturated/α-hetero) is 1. The molecule has 3 rings (SSSR count). The Hall–Kier alpha value is -2.69. The minimum absolute atomic E-state index is 0.0363. The van der Waals surface area contributed by atoms with Gasteiger partial charge in [0.05, 0.1) is 30.0 Å². The van der Waals surface area contributed by atoms with Crippen molar-refractivity contribution in [3.63, 3.8) is 0 Å². The molecule has 0 atom stereocenters. The van der Waals surface area contributed by atoms with Crippen molar-refractivity contribution in [2.45, 2.75) is 0 Å². The summed E-state index contributed by atoms with van der Waals surface area (Å²) in [6, 6.07) is 13.1. The zero-order chi connectivity index (χ0) is 14.8. The molecule has 2 aromatic carbocycles. The van der Waals surface area contributed by atoms with Crippen molar-refractivity contribution < 1.29 is 14.0 Å². The second-order valence-electron chi connectivity index (χ2n) is 4.82. The van der Waals surface area contributed by atoms with E-state index in [0.717, 1.165) is 5.69 Å². The Morgan fingerprint density at radius 2 is 1.86 bits per heavy atom. The number of anilines is 2. The molecular formula is C16H13FN2O2. The Bertz CT molecular complexity index is 715. The SMILES string of the molecule is O=C1CN(CC(=O)c2ccccc2F)c2ccccc2N1. The van der Waals surface area contributed by atoms with E-state index in [2.05, 4.69) is 5.32 Å². The smallest absolute Gasteiger partial charge is 0.243 e. The first-order valence-corrected chi connectivity index (χ1v) is 6.57. The first kappa shape index (κ1) is 13.3. The number of benzene rings is 2. The maximum atomic E-state index is 13.6. The fourth-order valence-corrected chi connectivity index (χ4v) is 2.39. The van der Waals surface area contributed by atoms with Gasteiger partial charge in [-0.05, 0) is 24.3 Å². The molecule has 4 nitrogen and oxygen atoms in total. The summed E-state index contributed by atoms with van der Waals surface area (Å²) < 4.78 is 13.6. The highest BCUT2D eigenvalue weighted by molar-refractivity contribution is 6.05. The molecule has 0 fully saturated rings. The zero-order valence-electron chi connectivity index (χ0n) is 11.2. The van der Waals surface area contributed by atoms with Crippen LogP contribution in [-0.4, -0.2) is 24.8 Å². The normalized spacial score (nSPS) is 13.6. The zero-order valence-corrected chi connectivity index (χ0v) is 11.2. The lowest BCUT2D eigenvalue weighted by atomic mass is 10.1. The van der Waals surface area contributed by atoms with Crippen LogP contribution in [0.15, 0.2) is 48.5 Å². The van der Waals surface area contributed by atoms with Crippen LogP contribution in [-0.2, 0) is 4.79 Å². The maximum absolute atomic E-state index is 13.6. The maximum Gasteiger partial charge on any atom is 0.243 e. The molecule has 0 saturated carbocycles. The topological polar surface area (TPSA) is 49.4 Å². The summed E-state index contributed by atoms with van der Waals surface area (Å²) in [7, 11) is 0. The first-order chi connectivity index (χ1) is 10.1. The summed E-state index contributed by atoms with van der Waals surface area (Å²) in [5.41, 5.74) is 1.47. The molecule has 1 N–H and O–H groups in total. The highest BCUT2D eigenvalue weighted by atomic mass is 19.1. The average molecular weight is 284 g/mol. The van der Waals surface area contributed by atoms with E-state index in [1.165, 1.54) is 18.2 Å². The van der Waals surface area contributed by atoms with Gasteiger partial charge in [-0.1, -0.05) is 24.3 Å². The minimum Gasteiger partial charge on any atom is -0.353 e. The third kappa shape index (κ3) is 2.63. The van der Waals surface area contributed by atoms with Crippen molar-refractivity contribution in [3.05, 3.63) is 59.9 Å². The Kier molecular flexibility index (Phi) is 3.39. The lowest BCUT2D eigenvalue weighted by molar-refractivity contribution is -0.115. The molecule has 21 heavy (non-hydrogen) atoms. The first-order valence-electron chi connectivity index (χ1n) is 6.57. The molecule has 1 aliphatic heterocycles. The third-order valence-electron chi connectivity index (χ3n) is 3.36. The summed E-state index contributed by atoms with van der Waals surface area (Å²) in [6.45, 7) is 0.0442. The molecule has 1 amide bonds. The summed E-state index contributed by atoms with van der Waals surface area (Å²) in [4.78, 5) is 25.6. The number of para-hydroxylation sites is 2. The number of fused-ring (bicyclic) bond motifs is 1. The molecule has 1 heterocycles. The van der Waals surface area contributed by atoms with E-state index in [1.54, 1.807) is 23.1 Å². The van der Waals surface area contributed by atoms with Crippen molar-refractivity contribution in [2.75, 3.05) is 23.3 Å². The van der Waals surface area contributed by atoms with Crippen molar-refractivity contribution in [1.29, 1.82) is 0 Å². The molecular weight excluding hydrogens is 271 g/mol. The number of ketones is 1. The van der Waals surface area contributed by atoms with Crippen molar-refractivity contribution >= 4 is 23.1 Å². The number of hydrogen-bond acceptors (Lipinski definition) is 3. The fraction of sp³-hybridized carbons (Fsp3) is 0.125. The van der Waals surface area contributed by atoms with Crippen molar-refractivity contribution in [1.82, 2.24) is 0 Å². The van der Waals surface area contributed by atoms with Gasteiger partial charge < -0.3 is 10.2 Å². The number of nitrogens with zero attached hydrogens (tertiary/aromatic N) is 1. The Balaban J connectivity index is 1.87. The van der Waals surface area contributed by atoms with Gasteiger partial charge in [0.15, 0.2) is 5.78 Å². The van der Waals surface area contributed by atoms with Gasteiger partial charge in [0, 0.05) is 0 Å². The Labute approximate surface area is 121 Å². The Morgan fingerprint density at radius 1 is 1.14 bits per heavy atom. The van der Waals surface area contributed by atoms with E-state index in [1.807, 2.05) is 12.1 Å². The van der Waals surface area contributed by atoms with Gasteiger partial charge in [-0.15, -0.1) is 0 Å². The summed E-state index contributed by atoms with van der Waals surface area (Å²) in [6.07, 6.45) is 0. The second kappa shape index (κ2) is 5.36. The number of carbonyl (C=O) groups excluding carboxylic acids is 2. The molecule has 0 bridgehead atoms. The lowest BCUT2D eigenvalue weighted by Gasteiger charge is -2.30. The summed E-state index contributed by atoms with van der Waals surface area (Å²) in [5.74, 6) is -1.08. The highest BCUT2D eigenvalue weighted by Crippen LogP contribution is 2.28. The molecule has 0 aromatic heterocycles. The van der Waals surface area contributed by atoms with Gasteiger partial charge in [-0.25, -0.2) is 4.39 Å². The van der Waals surface area contributed by atoms with Crippen LogP contribution >= 0.6 is 0 Å². The number of carbonyl (C=O) groups is 2. The molecule has 0 spiro atoms. The monoisotopic (exact) mass is 284 g/mol. The predicted molar refractivity (Wildman–Crippen MR) is 78.0 cm³/mol. The number of nitrogens with one attached hydrogen (secondary N) is 1. The van der Waals surface area contributed by atoms with Gasteiger partial charge in [-0.3, -0.25) is 9.59 Å². The number of amides is 1. The van der Waals surface area contributed by atoms with E-state index >= 15 is 0 Å². The van der Waals surface area contributed by atoms with E-state index < -0.39 is 5.82 Å². The highest BCUT2D eigenvalue weighted by Gasteiger charge is 2.24. The average Bonchev–Trinajstić information content (AvgIpc) is 2.47. The third-order valence-corrected chi connectivity index (χ3v) is 3.36. The molecule has 106 valence electrons. The van der Waals surface area contributed by atoms with Crippen LogP contribution in [0.5, 0.6) is 0 Å². The van der Waals surface area contributed by atoms with Crippen LogP contribution < -0.4 is 10.2 Å². The van der Waals surface area contributed by atoms with Gasteiger partial charge in [0.2, 0.25) is 5.91 Å². The largest absolute Gasteiger partial charge is 0.353 e. The van der Waals surface area contributed by atoms with Crippen LogP contribution in [0.4, 0.5) is 15.8 Å². The van der Waals surface area contributed by atoms with Crippen molar-refractivity contribution in [2.24, 2.45) is 0 Å². The fourth-order valence-electron chi connectivity index (χ4n) is 2.39. The van der Waals surface area contributed by atoms with Gasteiger partial charge in [0.25, 0.3) is 0 Å². The van der Waals surface area contributed by atoms with Gasteiger partial charge >= 0.3 is 0 Å². The summed E-state index contributed by atoms with van der Waals surface area (Å²) in [5, 5.41) is 2.75. The number of halogens is 1. The van der Waals surface area contributed by atoms with Crippen LogP contribution in [0, 0.1) is 5.82 Å². The predicted octanol–water partition coefficient (Wildman–Crippen LogP) is 2.47. The van der Waals surface area contributed by atoms with Crippen molar-refractivity contribution in [3.8, 4) is 0 Å².